The molecule has 0 saturated carbocycles. The summed E-state index contributed by atoms with van der Waals surface area (Å²) in [4.78, 5) is 37.6. The molecule has 0 aromatic heterocycles. The zero-order chi connectivity index (χ0) is 21.9. The number of benzene rings is 2. The van der Waals surface area contributed by atoms with E-state index in [1.807, 2.05) is 0 Å². The van der Waals surface area contributed by atoms with E-state index >= 15 is 0 Å². The Kier molecular flexibility index (Phi) is 6.30. The normalized spacial score (nSPS) is 16.7. The van der Waals surface area contributed by atoms with E-state index < -0.39 is 22.0 Å². The summed E-state index contributed by atoms with van der Waals surface area (Å²) < 4.78 is 27.2. The minimum atomic E-state index is -3.74. The molecule has 2 aromatic carbocycles. The van der Waals surface area contributed by atoms with E-state index in [1.165, 1.54) is 43.5 Å². The predicted octanol–water partition coefficient (Wildman–Crippen LogP) is 0.585. The number of sulfonamides is 1. The van der Waals surface area contributed by atoms with Gasteiger partial charge in [0.1, 0.15) is 0 Å². The van der Waals surface area contributed by atoms with Crippen molar-refractivity contribution in [3.8, 4) is 0 Å². The van der Waals surface area contributed by atoms with Crippen LogP contribution >= 0.6 is 0 Å². The maximum absolute atomic E-state index is 12.7. The first kappa shape index (κ1) is 21.6. The van der Waals surface area contributed by atoms with Crippen molar-refractivity contribution in [3.05, 3.63) is 59.7 Å². The van der Waals surface area contributed by atoms with Gasteiger partial charge in [0.2, 0.25) is 15.9 Å². The zero-order valence-corrected chi connectivity index (χ0v) is 17.0. The highest BCUT2D eigenvalue weighted by atomic mass is 32.2. The number of nitrogens with two attached hydrogens (primary N) is 1. The molecule has 1 fully saturated rings. The zero-order valence-electron chi connectivity index (χ0n) is 16.2. The monoisotopic (exact) mass is 431 g/mol. The van der Waals surface area contributed by atoms with E-state index in [9.17, 15) is 22.8 Å². The molecule has 0 spiro atoms. The fourth-order valence-corrected chi connectivity index (χ4v) is 3.68. The molecule has 158 valence electrons. The molecule has 1 atom stereocenters. The van der Waals surface area contributed by atoms with Crippen molar-refractivity contribution in [2.75, 3.05) is 18.6 Å². The summed E-state index contributed by atoms with van der Waals surface area (Å²) in [7, 11) is -2.46. The number of methoxy groups -OCH3 is 1. The standard InChI is InChI=1S/C20H21N3O6S/c1-29-20(26)14-4-6-15(7-5-14)23-18(24)12-17(19(23)25)22-11-10-13-2-8-16(9-3-13)30(21,27)28/h2-9,17,22H,10-12H2,1H3,(H2,21,27,28)/t17-/m0/s1. The van der Waals surface area contributed by atoms with Gasteiger partial charge in [0.05, 0.1) is 35.7 Å². The van der Waals surface area contributed by atoms with Crippen molar-refractivity contribution < 1.29 is 27.5 Å². The van der Waals surface area contributed by atoms with Crippen LogP contribution in [0.2, 0.25) is 0 Å². The maximum atomic E-state index is 12.7. The highest BCUT2D eigenvalue weighted by Crippen LogP contribution is 2.23. The topological polar surface area (TPSA) is 136 Å². The fraction of sp³-hybridized carbons (Fsp3) is 0.250. The van der Waals surface area contributed by atoms with Crippen LogP contribution in [0.1, 0.15) is 22.3 Å². The van der Waals surface area contributed by atoms with Crippen molar-refractivity contribution in [3.63, 3.8) is 0 Å². The Labute approximate surface area is 173 Å². The lowest BCUT2D eigenvalue weighted by Gasteiger charge is -2.16. The van der Waals surface area contributed by atoms with Crippen LogP contribution in [0.15, 0.2) is 53.4 Å². The number of rotatable bonds is 7. The first-order chi connectivity index (χ1) is 14.2. The largest absolute Gasteiger partial charge is 0.465 e. The lowest BCUT2D eigenvalue weighted by atomic mass is 10.1. The number of anilines is 1. The third kappa shape index (κ3) is 4.73. The second-order valence-corrected chi connectivity index (χ2v) is 8.32. The maximum Gasteiger partial charge on any atom is 0.337 e. The summed E-state index contributed by atoms with van der Waals surface area (Å²) in [6, 6.07) is 11.5. The van der Waals surface area contributed by atoms with Crippen LogP contribution < -0.4 is 15.4 Å². The highest BCUT2D eigenvalue weighted by molar-refractivity contribution is 7.89. The van der Waals surface area contributed by atoms with Gasteiger partial charge in [0.15, 0.2) is 0 Å². The SMILES string of the molecule is COC(=O)c1ccc(N2C(=O)C[C@H](NCCc3ccc(S(N)(=O)=O)cc3)C2=O)cc1. The molecule has 1 saturated heterocycles. The Morgan fingerprint density at radius 1 is 1.13 bits per heavy atom. The average Bonchev–Trinajstić information content (AvgIpc) is 3.00. The van der Waals surface area contributed by atoms with Crippen LogP contribution in [-0.2, 0) is 30.8 Å². The highest BCUT2D eigenvalue weighted by Gasteiger charge is 2.39. The molecule has 10 heteroatoms. The fourth-order valence-electron chi connectivity index (χ4n) is 3.16. The molecule has 0 aliphatic carbocycles. The molecule has 9 nitrogen and oxygen atoms in total. The molecule has 0 unspecified atom stereocenters. The molecule has 3 rings (SSSR count). The average molecular weight is 431 g/mol. The molecule has 1 heterocycles. The third-order valence-corrected chi connectivity index (χ3v) is 5.68. The van der Waals surface area contributed by atoms with Crippen LogP contribution in [0, 0.1) is 0 Å². The molecule has 0 radical (unpaired) electrons. The number of nitrogens with zero attached hydrogens (tertiary/aromatic N) is 1. The van der Waals surface area contributed by atoms with Gasteiger partial charge in [0, 0.05) is 0 Å². The van der Waals surface area contributed by atoms with Gasteiger partial charge in [0.25, 0.3) is 5.91 Å². The summed E-state index contributed by atoms with van der Waals surface area (Å²) in [5.74, 6) is -1.20. The number of ether oxygens (including phenoxy) is 1. The van der Waals surface area contributed by atoms with Crippen molar-refractivity contribution in [2.24, 2.45) is 5.14 Å². The molecule has 3 N–H and O–H groups in total. The van der Waals surface area contributed by atoms with Gasteiger partial charge in [-0.05, 0) is 54.9 Å². The number of nitrogens with one attached hydrogen (secondary N) is 1. The molecular formula is C20H21N3O6S. The summed E-state index contributed by atoms with van der Waals surface area (Å²) in [5, 5.41) is 8.14. The third-order valence-electron chi connectivity index (χ3n) is 4.75. The minimum absolute atomic E-state index is 0.0297. The lowest BCUT2D eigenvalue weighted by Crippen LogP contribution is -2.39. The van der Waals surface area contributed by atoms with Crippen molar-refractivity contribution in [1.82, 2.24) is 5.32 Å². The van der Waals surface area contributed by atoms with Gasteiger partial charge in [-0.25, -0.2) is 23.3 Å². The Morgan fingerprint density at radius 2 is 1.77 bits per heavy atom. The number of hydrogen-bond donors (Lipinski definition) is 2. The van der Waals surface area contributed by atoms with E-state index in [2.05, 4.69) is 10.1 Å². The predicted molar refractivity (Wildman–Crippen MR) is 108 cm³/mol. The number of carbonyl (C=O) groups is 3. The van der Waals surface area contributed by atoms with Crippen LogP contribution in [0.5, 0.6) is 0 Å². The van der Waals surface area contributed by atoms with Gasteiger partial charge >= 0.3 is 5.97 Å². The smallest absolute Gasteiger partial charge is 0.337 e. The van der Waals surface area contributed by atoms with Crippen LogP contribution in [-0.4, -0.2) is 45.9 Å². The summed E-state index contributed by atoms with van der Waals surface area (Å²) in [5.41, 5.74) is 1.57. The van der Waals surface area contributed by atoms with Gasteiger partial charge < -0.3 is 10.1 Å². The van der Waals surface area contributed by atoms with Crippen molar-refractivity contribution in [1.29, 1.82) is 0 Å². The summed E-state index contributed by atoms with van der Waals surface area (Å²) in [6.45, 7) is 0.424. The molecule has 1 aliphatic rings. The van der Waals surface area contributed by atoms with E-state index in [0.717, 1.165) is 10.5 Å². The van der Waals surface area contributed by atoms with E-state index in [4.69, 9.17) is 5.14 Å². The van der Waals surface area contributed by atoms with Crippen LogP contribution in [0.25, 0.3) is 0 Å². The lowest BCUT2D eigenvalue weighted by molar-refractivity contribution is -0.121. The van der Waals surface area contributed by atoms with Gasteiger partial charge in [-0.3, -0.25) is 9.59 Å². The molecular weight excluding hydrogens is 410 g/mol. The number of imide groups is 1. The number of amides is 2. The van der Waals surface area contributed by atoms with E-state index in [0.29, 0.717) is 24.2 Å². The summed E-state index contributed by atoms with van der Waals surface area (Å²) in [6.07, 6.45) is 0.568. The first-order valence-corrected chi connectivity index (χ1v) is 10.7. The molecule has 30 heavy (non-hydrogen) atoms. The number of carbonyl (C=O) groups excluding carboxylic acids is 3. The van der Waals surface area contributed by atoms with E-state index in [-0.39, 0.29) is 23.1 Å². The summed E-state index contributed by atoms with van der Waals surface area (Å²) >= 11 is 0. The van der Waals surface area contributed by atoms with Crippen molar-refractivity contribution in [2.45, 2.75) is 23.8 Å². The quantitative estimate of drug-likeness (QED) is 0.483. The minimum Gasteiger partial charge on any atom is -0.465 e. The van der Waals surface area contributed by atoms with Crippen LogP contribution in [0.3, 0.4) is 0 Å². The Hall–Kier alpha value is -3.08. The molecule has 1 aliphatic heterocycles. The first-order valence-electron chi connectivity index (χ1n) is 9.11. The van der Waals surface area contributed by atoms with Gasteiger partial charge in [-0.15, -0.1) is 0 Å². The Balaban J connectivity index is 1.59. The van der Waals surface area contributed by atoms with E-state index in [1.54, 1.807) is 12.1 Å². The number of primary sulfonamides is 1. The molecule has 2 aromatic rings. The van der Waals surface area contributed by atoms with Gasteiger partial charge in [-0.1, -0.05) is 12.1 Å². The Bertz CT molecular complexity index is 1060. The second-order valence-electron chi connectivity index (χ2n) is 6.76. The number of esters is 1. The molecule has 0 bridgehead atoms. The molecule has 2 amide bonds. The van der Waals surface area contributed by atoms with Crippen LogP contribution in [0.4, 0.5) is 5.69 Å². The van der Waals surface area contributed by atoms with Crippen molar-refractivity contribution >= 4 is 33.5 Å². The number of hydrogen-bond acceptors (Lipinski definition) is 7. The van der Waals surface area contributed by atoms with Gasteiger partial charge in [-0.2, -0.15) is 0 Å². The Morgan fingerprint density at radius 3 is 2.33 bits per heavy atom. The second kappa shape index (κ2) is 8.74.